The third-order valence-electron chi connectivity index (χ3n) is 1.77. The van der Waals surface area contributed by atoms with Crippen LogP contribution in [0.25, 0.3) is 0 Å². The first kappa shape index (κ1) is 11.0. The summed E-state index contributed by atoms with van der Waals surface area (Å²) >= 11 is 0. The summed E-state index contributed by atoms with van der Waals surface area (Å²) in [6.07, 6.45) is 5.61. The van der Waals surface area contributed by atoms with E-state index in [9.17, 15) is 0 Å². The van der Waals surface area contributed by atoms with Gasteiger partial charge in [-0.15, -0.1) is 12.4 Å². The van der Waals surface area contributed by atoms with Gasteiger partial charge in [0.2, 0.25) is 0 Å². The van der Waals surface area contributed by atoms with Gasteiger partial charge >= 0.3 is 0 Å². The van der Waals surface area contributed by atoms with Gasteiger partial charge in [0.1, 0.15) is 0 Å². The molecule has 1 atom stereocenters. The fourth-order valence-corrected chi connectivity index (χ4v) is 1.19. The molecule has 1 N–H and O–H groups in total. The van der Waals surface area contributed by atoms with Crippen molar-refractivity contribution in [2.45, 2.75) is 6.42 Å². The second-order valence-electron chi connectivity index (χ2n) is 2.64. The lowest BCUT2D eigenvalue weighted by molar-refractivity contribution is 0.233. The van der Waals surface area contributed by atoms with Crippen molar-refractivity contribution < 1.29 is 4.74 Å². The standard InChI is InChI=1S/C8H15NO.ClH/c1-10-6-2-3-8-4-5-9-7-8;/h2-3,8-9H,4-7H2,1H3;1H/b3-2+;. The second-order valence-corrected chi connectivity index (χ2v) is 2.64. The van der Waals surface area contributed by atoms with Crippen LogP contribution >= 0.6 is 12.4 Å². The SMILES string of the molecule is COC/C=C/C1CCNC1.Cl. The number of ether oxygens (including phenoxy) is 1. The van der Waals surface area contributed by atoms with E-state index in [0.717, 1.165) is 19.1 Å². The highest BCUT2D eigenvalue weighted by atomic mass is 35.5. The molecular weight excluding hydrogens is 162 g/mol. The van der Waals surface area contributed by atoms with Gasteiger partial charge in [-0.3, -0.25) is 0 Å². The van der Waals surface area contributed by atoms with E-state index in [-0.39, 0.29) is 12.4 Å². The summed E-state index contributed by atoms with van der Waals surface area (Å²) < 4.78 is 4.89. The van der Waals surface area contributed by atoms with Crippen molar-refractivity contribution in [3.63, 3.8) is 0 Å². The van der Waals surface area contributed by atoms with Crippen molar-refractivity contribution in [1.82, 2.24) is 5.32 Å². The molecule has 3 heteroatoms. The number of hydrogen-bond acceptors (Lipinski definition) is 2. The lowest BCUT2D eigenvalue weighted by Crippen LogP contribution is -2.07. The Morgan fingerprint density at radius 1 is 1.64 bits per heavy atom. The summed E-state index contributed by atoms with van der Waals surface area (Å²) in [4.78, 5) is 0. The third kappa shape index (κ3) is 4.40. The van der Waals surface area contributed by atoms with Gasteiger partial charge in [0, 0.05) is 13.7 Å². The third-order valence-corrected chi connectivity index (χ3v) is 1.77. The molecule has 0 aromatic carbocycles. The molecule has 1 fully saturated rings. The summed E-state index contributed by atoms with van der Waals surface area (Å²) in [7, 11) is 1.72. The minimum Gasteiger partial charge on any atom is -0.381 e. The maximum Gasteiger partial charge on any atom is 0.0643 e. The van der Waals surface area contributed by atoms with E-state index in [1.165, 1.54) is 13.0 Å². The first-order chi connectivity index (χ1) is 4.93. The van der Waals surface area contributed by atoms with Gasteiger partial charge in [-0.25, -0.2) is 0 Å². The largest absolute Gasteiger partial charge is 0.381 e. The van der Waals surface area contributed by atoms with Crippen LogP contribution in [0.5, 0.6) is 0 Å². The van der Waals surface area contributed by atoms with Crippen molar-refractivity contribution in [3.8, 4) is 0 Å². The van der Waals surface area contributed by atoms with Gasteiger partial charge in [-0.2, -0.15) is 0 Å². The molecular formula is C8H16ClNO. The molecule has 0 aliphatic carbocycles. The Hall–Kier alpha value is -0.0500. The van der Waals surface area contributed by atoms with E-state index in [1.54, 1.807) is 7.11 Å². The van der Waals surface area contributed by atoms with Crippen LogP contribution in [0.2, 0.25) is 0 Å². The first-order valence-electron chi connectivity index (χ1n) is 3.80. The van der Waals surface area contributed by atoms with Crippen LogP contribution in [0.15, 0.2) is 12.2 Å². The molecule has 0 saturated carbocycles. The van der Waals surface area contributed by atoms with Crippen molar-refractivity contribution in [2.24, 2.45) is 5.92 Å². The maximum absolute atomic E-state index is 4.89. The molecule has 1 heterocycles. The zero-order chi connectivity index (χ0) is 7.23. The highest BCUT2D eigenvalue weighted by Crippen LogP contribution is 2.07. The molecule has 66 valence electrons. The summed E-state index contributed by atoms with van der Waals surface area (Å²) in [6.45, 7) is 3.05. The van der Waals surface area contributed by atoms with E-state index in [2.05, 4.69) is 17.5 Å². The molecule has 11 heavy (non-hydrogen) atoms. The van der Waals surface area contributed by atoms with E-state index >= 15 is 0 Å². The van der Waals surface area contributed by atoms with Gasteiger partial charge in [0.25, 0.3) is 0 Å². The van der Waals surface area contributed by atoms with Crippen LogP contribution in [0, 0.1) is 5.92 Å². The summed E-state index contributed by atoms with van der Waals surface area (Å²) in [5.41, 5.74) is 0. The fourth-order valence-electron chi connectivity index (χ4n) is 1.19. The minimum atomic E-state index is 0. The Labute approximate surface area is 74.4 Å². The van der Waals surface area contributed by atoms with Crippen molar-refractivity contribution in [1.29, 1.82) is 0 Å². The van der Waals surface area contributed by atoms with Crippen LogP contribution in [-0.2, 0) is 4.74 Å². The zero-order valence-electron chi connectivity index (χ0n) is 6.88. The Bertz CT molecular complexity index is 111. The van der Waals surface area contributed by atoms with Gasteiger partial charge < -0.3 is 10.1 Å². The van der Waals surface area contributed by atoms with Gasteiger partial charge in [0.15, 0.2) is 0 Å². The summed E-state index contributed by atoms with van der Waals surface area (Å²) in [5.74, 6) is 0.746. The Kier molecular flexibility index (Phi) is 6.62. The average molecular weight is 178 g/mol. The van der Waals surface area contributed by atoms with Gasteiger partial charge in [0.05, 0.1) is 6.61 Å². The molecule has 1 rings (SSSR count). The van der Waals surface area contributed by atoms with Crippen LogP contribution in [0.3, 0.4) is 0 Å². The molecule has 0 aromatic heterocycles. The number of rotatable bonds is 3. The number of methoxy groups -OCH3 is 1. The number of nitrogens with one attached hydrogen (secondary N) is 1. The second kappa shape index (κ2) is 6.65. The average Bonchev–Trinajstić information content (AvgIpc) is 2.41. The minimum absolute atomic E-state index is 0. The van der Waals surface area contributed by atoms with Gasteiger partial charge in [-0.05, 0) is 18.9 Å². The maximum atomic E-state index is 4.89. The topological polar surface area (TPSA) is 21.3 Å². The Balaban J connectivity index is 0.000001000. The smallest absolute Gasteiger partial charge is 0.0643 e. The highest BCUT2D eigenvalue weighted by Gasteiger charge is 2.09. The van der Waals surface area contributed by atoms with E-state index in [1.807, 2.05) is 0 Å². The summed E-state index contributed by atoms with van der Waals surface area (Å²) in [5, 5.41) is 3.31. The zero-order valence-corrected chi connectivity index (χ0v) is 7.69. The van der Waals surface area contributed by atoms with Crippen molar-refractivity contribution >= 4 is 12.4 Å². The molecule has 1 unspecified atom stereocenters. The fraction of sp³-hybridized carbons (Fsp3) is 0.750. The van der Waals surface area contributed by atoms with E-state index < -0.39 is 0 Å². The van der Waals surface area contributed by atoms with Crippen molar-refractivity contribution in [2.75, 3.05) is 26.8 Å². The molecule has 1 aliphatic heterocycles. The lowest BCUT2D eigenvalue weighted by Gasteiger charge is -1.97. The van der Waals surface area contributed by atoms with Gasteiger partial charge in [-0.1, -0.05) is 12.2 Å². The van der Waals surface area contributed by atoms with Crippen LogP contribution in [0.1, 0.15) is 6.42 Å². The predicted octanol–water partition coefficient (Wildman–Crippen LogP) is 1.22. The van der Waals surface area contributed by atoms with Crippen molar-refractivity contribution in [3.05, 3.63) is 12.2 Å². The monoisotopic (exact) mass is 177 g/mol. The quantitative estimate of drug-likeness (QED) is 0.655. The Morgan fingerprint density at radius 3 is 3.00 bits per heavy atom. The normalized spacial score (nSPS) is 23.9. The van der Waals surface area contributed by atoms with Crippen LogP contribution < -0.4 is 5.32 Å². The Morgan fingerprint density at radius 2 is 2.45 bits per heavy atom. The predicted molar refractivity (Wildman–Crippen MR) is 49.2 cm³/mol. The number of hydrogen-bond donors (Lipinski definition) is 1. The lowest BCUT2D eigenvalue weighted by atomic mass is 10.1. The summed E-state index contributed by atoms with van der Waals surface area (Å²) in [6, 6.07) is 0. The van der Waals surface area contributed by atoms with Crippen LogP contribution in [-0.4, -0.2) is 26.8 Å². The van der Waals surface area contributed by atoms with E-state index in [4.69, 9.17) is 4.74 Å². The highest BCUT2D eigenvalue weighted by molar-refractivity contribution is 5.85. The molecule has 2 nitrogen and oxygen atoms in total. The number of halogens is 1. The molecule has 1 saturated heterocycles. The first-order valence-corrected chi connectivity index (χ1v) is 3.80. The molecule has 0 bridgehead atoms. The molecule has 0 amide bonds. The molecule has 0 spiro atoms. The van der Waals surface area contributed by atoms with Crippen LogP contribution in [0.4, 0.5) is 0 Å². The van der Waals surface area contributed by atoms with E-state index in [0.29, 0.717) is 0 Å². The molecule has 0 aromatic rings. The molecule has 1 aliphatic rings. The molecule has 0 radical (unpaired) electrons.